The maximum atomic E-state index is 8.66. The standard InChI is InChI=1S/C10H16N4/c1-9-7-10(2)14(6-4-12)8-13(9)5-3-11/h9-10H,5-8H2,1-2H3/p+1. The van der Waals surface area contributed by atoms with E-state index in [0.717, 1.165) is 13.1 Å². The zero-order chi connectivity index (χ0) is 10.6. The molecule has 2 unspecified atom stereocenters. The van der Waals surface area contributed by atoms with E-state index >= 15 is 0 Å². The lowest BCUT2D eigenvalue weighted by Crippen LogP contribution is -2.53. The van der Waals surface area contributed by atoms with E-state index in [1.807, 2.05) is 0 Å². The molecule has 0 aromatic carbocycles. The molecule has 0 aromatic heterocycles. The van der Waals surface area contributed by atoms with E-state index in [4.69, 9.17) is 10.5 Å². The average Bonchev–Trinajstić information content (AvgIpc) is 2.14. The Morgan fingerprint density at radius 2 is 1.86 bits per heavy atom. The summed E-state index contributed by atoms with van der Waals surface area (Å²) in [6.07, 6.45) is 1.06. The maximum absolute atomic E-state index is 8.66. The van der Waals surface area contributed by atoms with Gasteiger partial charge in [-0.3, -0.25) is 9.80 Å². The van der Waals surface area contributed by atoms with Gasteiger partial charge in [0.25, 0.3) is 6.07 Å². The average molecular weight is 193 g/mol. The molecule has 4 heteroatoms. The van der Waals surface area contributed by atoms with Crippen LogP contribution in [0, 0.1) is 17.4 Å². The first-order valence-corrected chi connectivity index (χ1v) is 4.93. The molecule has 1 saturated heterocycles. The van der Waals surface area contributed by atoms with Gasteiger partial charge in [-0.1, -0.05) is 0 Å². The van der Waals surface area contributed by atoms with Crippen LogP contribution in [0.4, 0.5) is 0 Å². The summed E-state index contributed by atoms with van der Waals surface area (Å²) < 4.78 is 0. The molecule has 0 amide bonds. The van der Waals surface area contributed by atoms with Crippen LogP contribution in [0.2, 0.25) is 0 Å². The first-order chi connectivity index (χ1) is 6.69. The molecular formula is C10H17N4+. The molecule has 1 aliphatic heterocycles. The largest absolute Gasteiger partial charge is 0.286 e. The summed E-state index contributed by atoms with van der Waals surface area (Å²) in [5.41, 5.74) is 0. The van der Waals surface area contributed by atoms with Gasteiger partial charge in [-0.05, 0) is 20.3 Å². The molecule has 14 heavy (non-hydrogen) atoms. The Morgan fingerprint density at radius 1 is 1.29 bits per heavy atom. The van der Waals surface area contributed by atoms with Crippen molar-refractivity contribution in [1.82, 2.24) is 9.80 Å². The monoisotopic (exact) mass is 193 g/mol. The molecule has 0 bridgehead atoms. The van der Waals surface area contributed by atoms with Gasteiger partial charge in [-0.25, -0.2) is 0 Å². The van der Waals surface area contributed by atoms with Crippen molar-refractivity contribution in [1.29, 1.82) is 5.26 Å². The second-order valence-electron chi connectivity index (χ2n) is 3.90. The number of nitriles is 1. The summed E-state index contributed by atoms with van der Waals surface area (Å²) >= 11 is 0. The summed E-state index contributed by atoms with van der Waals surface area (Å²) in [7, 11) is 0. The van der Waals surface area contributed by atoms with Gasteiger partial charge in [0.05, 0.1) is 19.3 Å². The minimum absolute atomic E-state index is 0.464. The summed E-state index contributed by atoms with van der Waals surface area (Å²) in [4.78, 5) is 4.31. The van der Waals surface area contributed by atoms with E-state index in [2.05, 4.69) is 35.8 Å². The van der Waals surface area contributed by atoms with Crippen LogP contribution in [0.15, 0.2) is 0 Å². The van der Waals surface area contributed by atoms with Crippen LogP contribution in [-0.4, -0.2) is 41.6 Å². The van der Waals surface area contributed by atoms with Gasteiger partial charge in [0.1, 0.15) is 6.54 Å². The first kappa shape index (κ1) is 11.0. The van der Waals surface area contributed by atoms with Gasteiger partial charge in [-0.15, -0.1) is 5.26 Å². The summed E-state index contributed by atoms with van der Waals surface area (Å²) in [5, 5.41) is 15.6. The maximum Gasteiger partial charge on any atom is 0.286 e. The third kappa shape index (κ3) is 2.45. The van der Waals surface area contributed by atoms with E-state index in [1.54, 1.807) is 0 Å². The second-order valence-corrected chi connectivity index (χ2v) is 3.90. The van der Waals surface area contributed by atoms with Gasteiger partial charge in [-0.2, -0.15) is 5.26 Å². The Kier molecular flexibility index (Phi) is 3.88. The predicted octanol–water partition coefficient (Wildman–Crippen LogP) is -0.975. The van der Waals surface area contributed by atoms with Crippen molar-refractivity contribution in [3.63, 3.8) is 0 Å². The van der Waals surface area contributed by atoms with E-state index in [0.29, 0.717) is 25.2 Å². The summed E-state index contributed by atoms with van der Waals surface area (Å²) in [6, 6.07) is 5.54. The second kappa shape index (κ2) is 4.95. The van der Waals surface area contributed by atoms with Gasteiger partial charge in [0.2, 0.25) is 0 Å². The molecule has 1 N–H and O–H groups in total. The molecule has 4 nitrogen and oxygen atoms in total. The molecule has 0 saturated carbocycles. The Hall–Kier alpha value is -1.10. The van der Waals surface area contributed by atoms with Gasteiger partial charge >= 0.3 is 0 Å². The van der Waals surface area contributed by atoms with Crippen molar-refractivity contribution in [3.05, 3.63) is 0 Å². The predicted molar refractivity (Wildman–Crippen MR) is 52.3 cm³/mol. The van der Waals surface area contributed by atoms with Gasteiger partial charge in [0.15, 0.2) is 0 Å². The van der Waals surface area contributed by atoms with Crippen molar-refractivity contribution in [2.75, 3.05) is 19.8 Å². The number of nitrogens with zero attached hydrogens (tertiary/aromatic N) is 3. The van der Waals surface area contributed by atoms with Crippen LogP contribution in [0.25, 0.3) is 0 Å². The fraction of sp³-hybridized carbons (Fsp3) is 0.800. The normalized spacial score (nSPS) is 29.4. The highest BCUT2D eigenvalue weighted by atomic mass is 15.4. The molecule has 0 spiro atoms. The van der Waals surface area contributed by atoms with Crippen molar-refractivity contribution in [3.8, 4) is 12.1 Å². The van der Waals surface area contributed by atoms with Crippen LogP contribution in [0.1, 0.15) is 20.3 Å². The number of nitrogens with one attached hydrogen (secondary N) is 1. The lowest BCUT2D eigenvalue weighted by molar-refractivity contribution is -0.0990. The molecule has 0 radical (unpaired) electrons. The summed E-state index contributed by atoms with van der Waals surface area (Å²) in [6.45, 7) is 6.14. The Morgan fingerprint density at radius 3 is 2.36 bits per heavy atom. The number of hydrogen-bond acceptors (Lipinski definition) is 3. The van der Waals surface area contributed by atoms with Crippen molar-refractivity contribution >= 4 is 0 Å². The first-order valence-electron chi connectivity index (χ1n) is 4.93. The quantitative estimate of drug-likeness (QED) is 0.574. The smallest absolute Gasteiger partial charge is 0.275 e. The van der Waals surface area contributed by atoms with Crippen molar-refractivity contribution < 1.29 is 5.26 Å². The Balaban J connectivity index is 2.57. The van der Waals surface area contributed by atoms with Crippen LogP contribution >= 0.6 is 0 Å². The molecule has 0 aliphatic carbocycles. The SMILES string of the molecule is CC1CC(C)N(CC#[NH+])CN1CC#N. The minimum Gasteiger partial charge on any atom is -0.275 e. The Bertz CT molecular complexity index is 236. The lowest BCUT2D eigenvalue weighted by atomic mass is 10.0. The zero-order valence-electron chi connectivity index (χ0n) is 8.82. The van der Waals surface area contributed by atoms with E-state index < -0.39 is 0 Å². The molecule has 1 fully saturated rings. The van der Waals surface area contributed by atoms with Crippen LogP contribution < -0.4 is 5.26 Å². The van der Waals surface area contributed by atoms with Gasteiger partial charge < -0.3 is 0 Å². The van der Waals surface area contributed by atoms with Gasteiger partial charge in [0, 0.05) is 12.1 Å². The van der Waals surface area contributed by atoms with E-state index in [-0.39, 0.29) is 0 Å². The molecule has 0 aromatic rings. The fourth-order valence-corrected chi connectivity index (χ4v) is 1.91. The molecule has 76 valence electrons. The minimum atomic E-state index is 0.464. The highest BCUT2D eigenvalue weighted by molar-refractivity contribution is 4.89. The topological polar surface area (TPSA) is 54.1 Å². The van der Waals surface area contributed by atoms with Crippen LogP contribution in [-0.2, 0) is 0 Å². The summed E-state index contributed by atoms with van der Waals surface area (Å²) in [5.74, 6) is 0. The van der Waals surface area contributed by atoms with E-state index in [1.165, 1.54) is 0 Å². The molecule has 1 heterocycles. The molecule has 1 aliphatic rings. The lowest BCUT2D eigenvalue weighted by Gasteiger charge is -2.41. The molecule has 1 rings (SSSR count). The zero-order valence-corrected chi connectivity index (χ0v) is 8.82. The fourth-order valence-electron chi connectivity index (χ4n) is 1.91. The third-order valence-corrected chi connectivity index (χ3v) is 2.85. The van der Waals surface area contributed by atoms with Crippen molar-refractivity contribution in [2.45, 2.75) is 32.4 Å². The molecular weight excluding hydrogens is 176 g/mol. The van der Waals surface area contributed by atoms with Crippen molar-refractivity contribution in [2.24, 2.45) is 0 Å². The van der Waals surface area contributed by atoms with Crippen LogP contribution in [0.3, 0.4) is 0 Å². The highest BCUT2D eigenvalue weighted by Crippen LogP contribution is 2.18. The van der Waals surface area contributed by atoms with E-state index in [9.17, 15) is 0 Å². The number of hydrogen-bond donors (Lipinski definition) is 1. The highest BCUT2D eigenvalue weighted by Gasteiger charge is 2.28. The van der Waals surface area contributed by atoms with Crippen LogP contribution in [0.5, 0.6) is 0 Å². The Labute approximate surface area is 85.3 Å². The number of rotatable bonds is 2. The third-order valence-electron chi connectivity index (χ3n) is 2.85. The molecule has 2 atom stereocenters.